The third kappa shape index (κ3) is 3.98. The summed E-state index contributed by atoms with van der Waals surface area (Å²) in [5.74, 6) is -0.640. The van der Waals surface area contributed by atoms with E-state index in [9.17, 15) is 17.6 Å². The normalized spacial score (nSPS) is 13.9. The molecule has 0 aliphatic heterocycles. The average molecular weight is 256 g/mol. The Morgan fingerprint density at radius 3 is 2.50 bits per heavy atom. The van der Waals surface area contributed by atoms with Crippen LogP contribution >= 0.6 is 11.6 Å². The molecule has 0 spiro atoms. The summed E-state index contributed by atoms with van der Waals surface area (Å²) in [5, 5.41) is 0.249. The Morgan fingerprint density at radius 2 is 1.94 bits per heavy atom. The van der Waals surface area contributed by atoms with Crippen molar-refractivity contribution in [1.82, 2.24) is 0 Å². The Morgan fingerprint density at radius 1 is 1.31 bits per heavy atom. The van der Waals surface area contributed by atoms with Gasteiger partial charge >= 0.3 is 6.18 Å². The van der Waals surface area contributed by atoms with Gasteiger partial charge in [0.15, 0.2) is 0 Å². The number of hydrogen-bond acceptors (Lipinski definition) is 1. The van der Waals surface area contributed by atoms with Gasteiger partial charge in [0.05, 0.1) is 0 Å². The molecule has 0 aliphatic rings. The standard InChI is InChI=1S/C10H10ClF4N/c11-6-1-2-8(12)7(5-6)9(16)3-4-10(13,14)15/h1-2,5,9H,3-4,16H2/t9-/m1/s1. The van der Waals surface area contributed by atoms with Crippen molar-refractivity contribution < 1.29 is 17.6 Å². The minimum Gasteiger partial charge on any atom is -0.324 e. The average Bonchev–Trinajstić information content (AvgIpc) is 2.17. The second-order valence-electron chi connectivity index (χ2n) is 3.43. The molecule has 0 saturated carbocycles. The number of nitrogens with two attached hydrogens (primary N) is 1. The monoisotopic (exact) mass is 255 g/mol. The van der Waals surface area contributed by atoms with Gasteiger partial charge in [-0.1, -0.05) is 11.6 Å². The molecule has 0 aliphatic carbocycles. The van der Waals surface area contributed by atoms with Gasteiger partial charge in [-0.05, 0) is 24.6 Å². The first kappa shape index (κ1) is 13.3. The summed E-state index contributed by atoms with van der Waals surface area (Å²) in [6.45, 7) is 0. The molecular weight excluding hydrogens is 246 g/mol. The van der Waals surface area contributed by atoms with E-state index in [1.807, 2.05) is 0 Å². The van der Waals surface area contributed by atoms with Gasteiger partial charge in [-0.15, -0.1) is 0 Å². The topological polar surface area (TPSA) is 26.0 Å². The van der Waals surface area contributed by atoms with Gasteiger partial charge in [-0.2, -0.15) is 13.2 Å². The van der Waals surface area contributed by atoms with E-state index in [0.717, 1.165) is 6.07 Å². The third-order valence-corrected chi connectivity index (χ3v) is 2.33. The molecule has 0 heterocycles. The van der Waals surface area contributed by atoms with Crippen LogP contribution in [0.4, 0.5) is 17.6 Å². The van der Waals surface area contributed by atoms with Gasteiger partial charge in [0, 0.05) is 23.0 Å². The molecule has 90 valence electrons. The van der Waals surface area contributed by atoms with Crippen LogP contribution in [0, 0.1) is 5.82 Å². The molecule has 0 bridgehead atoms. The van der Waals surface area contributed by atoms with E-state index in [4.69, 9.17) is 17.3 Å². The zero-order chi connectivity index (χ0) is 12.3. The highest BCUT2D eigenvalue weighted by atomic mass is 35.5. The van der Waals surface area contributed by atoms with E-state index in [2.05, 4.69) is 0 Å². The van der Waals surface area contributed by atoms with Crippen LogP contribution in [0.3, 0.4) is 0 Å². The fourth-order valence-electron chi connectivity index (χ4n) is 1.27. The van der Waals surface area contributed by atoms with E-state index in [-0.39, 0.29) is 17.0 Å². The molecule has 0 radical (unpaired) electrons. The van der Waals surface area contributed by atoms with Crippen molar-refractivity contribution in [2.75, 3.05) is 0 Å². The summed E-state index contributed by atoms with van der Waals surface area (Å²) in [7, 11) is 0. The van der Waals surface area contributed by atoms with Gasteiger partial charge in [0.2, 0.25) is 0 Å². The van der Waals surface area contributed by atoms with Crippen molar-refractivity contribution in [2.24, 2.45) is 5.73 Å². The Bertz CT molecular complexity index is 364. The molecule has 1 aromatic carbocycles. The lowest BCUT2D eigenvalue weighted by atomic mass is 10.0. The minimum atomic E-state index is -4.29. The molecule has 0 saturated heterocycles. The highest BCUT2D eigenvalue weighted by Gasteiger charge is 2.28. The van der Waals surface area contributed by atoms with Crippen molar-refractivity contribution in [3.05, 3.63) is 34.6 Å². The van der Waals surface area contributed by atoms with E-state index >= 15 is 0 Å². The first-order valence-corrected chi connectivity index (χ1v) is 4.94. The predicted molar refractivity (Wildman–Crippen MR) is 53.6 cm³/mol. The summed E-state index contributed by atoms with van der Waals surface area (Å²) in [6, 6.07) is 2.65. The Labute approximate surface area is 95.2 Å². The van der Waals surface area contributed by atoms with Crippen LogP contribution in [-0.4, -0.2) is 6.18 Å². The van der Waals surface area contributed by atoms with Crippen LogP contribution in [0.25, 0.3) is 0 Å². The van der Waals surface area contributed by atoms with E-state index in [1.165, 1.54) is 12.1 Å². The molecular formula is C10H10ClF4N. The molecule has 0 aromatic heterocycles. The Balaban J connectivity index is 2.73. The molecule has 0 unspecified atom stereocenters. The second kappa shape index (κ2) is 5.01. The number of hydrogen-bond donors (Lipinski definition) is 1. The molecule has 1 rings (SSSR count). The number of benzene rings is 1. The van der Waals surface area contributed by atoms with Crippen LogP contribution in [0.2, 0.25) is 5.02 Å². The molecule has 1 aromatic rings. The van der Waals surface area contributed by atoms with Crippen molar-refractivity contribution in [3.8, 4) is 0 Å². The lowest BCUT2D eigenvalue weighted by Gasteiger charge is -2.14. The number of halogens is 5. The van der Waals surface area contributed by atoms with Crippen molar-refractivity contribution >= 4 is 11.6 Å². The van der Waals surface area contributed by atoms with Crippen LogP contribution < -0.4 is 5.73 Å². The molecule has 1 atom stereocenters. The molecule has 1 nitrogen and oxygen atoms in total. The van der Waals surface area contributed by atoms with Gasteiger partial charge in [-0.3, -0.25) is 0 Å². The highest BCUT2D eigenvalue weighted by molar-refractivity contribution is 6.30. The lowest BCUT2D eigenvalue weighted by molar-refractivity contribution is -0.136. The van der Waals surface area contributed by atoms with E-state index in [0.29, 0.717) is 0 Å². The zero-order valence-electron chi connectivity index (χ0n) is 8.19. The van der Waals surface area contributed by atoms with Crippen LogP contribution in [0.15, 0.2) is 18.2 Å². The van der Waals surface area contributed by atoms with Gasteiger partial charge in [0.1, 0.15) is 5.82 Å². The first-order chi connectivity index (χ1) is 7.29. The largest absolute Gasteiger partial charge is 0.389 e. The quantitative estimate of drug-likeness (QED) is 0.817. The number of rotatable bonds is 3. The lowest BCUT2D eigenvalue weighted by Crippen LogP contribution is -2.16. The maximum absolute atomic E-state index is 13.2. The van der Waals surface area contributed by atoms with E-state index < -0.39 is 24.5 Å². The van der Waals surface area contributed by atoms with Crippen LogP contribution in [0.5, 0.6) is 0 Å². The fourth-order valence-corrected chi connectivity index (χ4v) is 1.45. The van der Waals surface area contributed by atoms with Crippen molar-refractivity contribution in [2.45, 2.75) is 25.1 Å². The fraction of sp³-hybridized carbons (Fsp3) is 0.400. The molecule has 0 amide bonds. The third-order valence-electron chi connectivity index (χ3n) is 2.10. The Hall–Kier alpha value is -0.810. The summed E-state index contributed by atoms with van der Waals surface area (Å²) in [6.07, 6.45) is -5.69. The minimum absolute atomic E-state index is 0.0109. The van der Waals surface area contributed by atoms with Crippen molar-refractivity contribution in [1.29, 1.82) is 0 Å². The SMILES string of the molecule is N[C@H](CCC(F)(F)F)c1cc(Cl)ccc1F. The summed E-state index contributed by atoms with van der Waals surface area (Å²) < 4.78 is 49.0. The summed E-state index contributed by atoms with van der Waals surface area (Å²) in [4.78, 5) is 0. The second-order valence-corrected chi connectivity index (χ2v) is 3.86. The van der Waals surface area contributed by atoms with Crippen LogP contribution in [0.1, 0.15) is 24.4 Å². The molecule has 16 heavy (non-hydrogen) atoms. The predicted octanol–water partition coefficient (Wildman–Crippen LogP) is 3.82. The van der Waals surface area contributed by atoms with Gasteiger partial charge in [0.25, 0.3) is 0 Å². The van der Waals surface area contributed by atoms with Crippen LogP contribution in [-0.2, 0) is 0 Å². The Kier molecular flexibility index (Phi) is 4.15. The zero-order valence-corrected chi connectivity index (χ0v) is 8.95. The van der Waals surface area contributed by atoms with Crippen molar-refractivity contribution in [3.63, 3.8) is 0 Å². The van der Waals surface area contributed by atoms with Gasteiger partial charge < -0.3 is 5.73 Å². The molecule has 6 heteroatoms. The highest BCUT2D eigenvalue weighted by Crippen LogP contribution is 2.28. The molecule has 2 N–H and O–H groups in total. The number of alkyl halides is 3. The summed E-state index contributed by atoms with van der Waals surface area (Å²) in [5.41, 5.74) is 5.48. The van der Waals surface area contributed by atoms with Gasteiger partial charge in [-0.25, -0.2) is 4.39 Å². The maximum atomic E-state index is 13.2. The first-order valence-electron chi connectivity index (χ1n) is 4.57. The van der Waals surface area contributed by atoms with E-state index in [1.54, 1.807) is 0 Å². The smallest absolute Gasteiger partial charge is 0.324 e. The molecule has 0 fully saturated rings. The maximum Gasteiger partial charge on any atom is 0.389 e. The summed E-state index contributed by atoms with van der Waals surface area (Å²) >= 11 is 5.61.